The molecule has 0 saturated heterocycles. The average Bonchev–Trinajstić information content (AvgIpc) is 2.29. The maximum Gasteiger partial charge on any atom is 0.313 e. The van der Waals surface area contributed by atoms with Gasteiger partial charge in [0.25, 0.3) is 0 Å². The lowest BCUT2D eigenvalue weighted by Crippen LogP contribution is -2.33. The van der Waals surface area contributed by atoms with Gasteiger partial charge in [0.1, 0.15) is 0 Å². The fourth-order valence-corrected chi connectivity index (χ4v) is 1.53. The largest absolute Gasteiger partial charge is 0.481 e. The van der Waals surface area contributed by atoms with E-state index in [1.165, 1.54) is 0 Å². The van der Waals surface area contributed by atoms with Crippen molar-refractivity contribution in [2.75, 3.05) is 6.61 Å². The number of nitriles is 1. The molecule has 2 N–H and O–H groups in total. The van der Waals surface area contributed by atoms with Crippen molar-refractivity contribution in [2.24, 2.45) is 0 Å². The van der Waals surface area contributed by atoms with E-state index in [0.29, 0.717) is 11.1 Å². The first-order valence-corrected chi connectivity index (χ1v) is 4.89. The van der Waals surface area contributed by atoms with Crippen LogP contribution in [0.5, 0.6) is 0 Å². The maximum atomic E-state index is 11.2. The minimum absolute atomic E-state index is 0.122. The highest BCUT2D eigenvalue weighted by atomic mass is 16.4. The van der Waals surface area contributed by atoms with Gasteiger partial charge in [0.2, 0.25) is 0 Å². The summed E-state index contributed by atoms with van der Waals surface area (Å²) in [6.45, 7) is 1.33. The van der Waals surface area contributed by atoms with Crippen molar-refractivity contribution in [1.82, 2.24) is 0 Å². The second-order valence-electron chi connectivity index (χ2n) is 3.80. The minimum Gasteiger partial charge on any atom is -0.481 e. The third-order valence-corrected chi connectivity index (χ3v) is 2.71. The highest BCUT2D eigenvalue weighted by Crippen LogP contribution is 2.28. The maximum absolute atomic E-state index is 11.2. The zero-order valence-electron chi connectivity index (χ0n) is 8.97. The minimum atomic E-state index is -1.15. The molecule has 1 rings (SSSR count). The Balaban J connectivity index is 3.21. The fourth-order valence-electron chi connectivity index (χ4n) is 1.53. The Morgan fingerprint density at radius 1 is 1.56 bits per heavy atom. The van der Waals surface area contributed by atoms with Crippen LogP contribution in [0.1, 0.15) is 24.5 Å². The molecule has 0 heterocycles. The van der Waals surface area contributed by atoms with Gasteiger partial charge in [0.15, 0.2) is 0 Å². The summed E-state index contributed by atoms with van der Waals surface area (Å²) in [7, 11) is 0. The summed E-state index contributed by atoms with van der Waals surface area (Å²) in [6.07, 6.45) is 0.122. The molecule has 0 aliphatic heterocycles. The molecular weight excluding hydrogens is 206 g/mol. The van der Waals surface area contributed by atoms with Crippen LogP contribution in [0, 0.1) is 11.3 Å². The molecule has 1 aromatic carbocycles. The van der Waals surface area contributed by atoms with E-state index in [0.717, 1.165) is 0 Å². The fraction of sp³-hybridized carbons (Fsp3) is 0.333. The summed E-state index contributed by atoms with van der Waals surface area (Å²) >= 11 is 0. The van der Waals surface area contributed by atoms with E-state index in [1.54, 1.807) is 31.2 Å². The normalized spacial score (nSPS) is 13.8. The summed E-state index contributed by atoms with van der Waals surface area (Å²) in [5.74, 6) is -1.00. The van der Waals surface area contributed by atoms with E-state index in [2.05, 4.69) is 0 Å². The Hall–Kier alpha value is -1.86. The molecule has 0 aliphatic carbocycles. The number of carbonyl (C=O) groups is 1. The van der Waals surface area contributed by atoms with Crippen LogP contribution in [0.25, 0.3) is 0 Å². The Labute approximate surface area is 93.8 Å². The molecule has 0 fully saturated rings. The van der Waals surface area contributed by atoms with Crippen LogP contribution in [-0.2, 0) is 10.2 Å². The summed E-state index contributed by atoms with van der Waals surface area (Å²) < 4.78 is 0. The van der Waals surface area contributed by atoms with Crippen LogP contribution in [0.15, 0.2) is 24.3 Å². The van der Waals surface area contributed by atoms with Crippen molar-refractivity contribution in [2.45, 2.75) is 18.8 Å². The molecule has 4 heteroatoms. The topological polar surface area (TPSA) is 81.3 Å². The SMILES string of the molecule is CC(CCO)(C(=O)O)c1cccc(C#N)c1. The Morgan fingerprint density at radius 2 is 2.25 bits per heavy atom. The highest BCUT2D eigenvalue weighted by molar-refractivity contribution is 5.81. The van der Waals surface area contributed by atoms with Crippen molar-refractivity contribution < 1.29 is 15.0 Å². The number of hydrogen-bond donors (Lipinski definition) is 2. The van der Waals surface area contributed by atoms with Crippen molar-refractivity contribution in [3.05, 3.63) is 35.4 Å². The third-order valence-electron chi connectivity index (χ3n) is 2.71. The average molecular weight is 219 g/mol. The van der Waals surface area contributed by atoms with E-state index in [4.69, 9.17) is 10.4 Å². The van der Waals surface area contributed by atoms with Gasteiger partial charge >= 0.3 is 5.97 Å². The second kappa shape index (κ2) is 4.77. The predicted octanol–water partition coefficient (Wildman–Crippen LogP) is 1.28. The van der Waals surface area contributed by atoms with Crippen LogP contribution >= 0.6 is 0 Å². The molecule has 1 atom stereocenters. The third kappa shape index (κ3) is 2.20. The van der Waals surface area contributed by atoms with Crippen molar-refractivity contribution in [1.29, 1.82) is 5.26 Å². The Kier molecular flexibility index (Phi) is 3.64. The summed E-state index contributed by atoms with van der Waals surface area (Å²) in [4.78, 5) is 11.2. The summed E-state index contributed by atoms with van der Waals surface area (Å²) in [6, 6.07) is 8.43. The molecule has 0 amide bonds. The van der Waals surface area contributed by atoms with Crippen LogP contribution < -0.4 is 0 Å². The van der Waals surface area contributed by atoms with Gasteiger partial charge in [-0.05, 0) is 31.0 Å². The molecule has 0 aromatic heterocycles. The van der Waals surface area contributed by atoms with Gasteiger partial charge in [0, 0.05) is 6.61 Å². The molecule has 84 valence electrons. The van der Waals surface area contributed by atoms with E-state index in [-0.39, 0.29) is 13.0 Å². The van der Waals surface area contributed by atoms with E-state index < -0.39 is 11.4 Å². The first-order chi connectivity index (χ1) is 7.54. The Morgan fingerprint density at radius 3 is 2.75 bits per heavy atom. The molecule has 0 radical (unpaired) electrons. The van der Waals surface area contributed by atoms with Crippen LogP contribution in [0.3, 0.4) is 0 Å². The van der Waals surface area contributed by atoms with Crippen molar-refractivity contribution in [3.8, 4) is 6.07 Å². The molecule has 1 unspecified atom stereocenters. The van der Waals surface area contributed by atoms with Gasteiger partial charge in [-0.15, -0.1) is 0 Å². The number of aliphatic carboxylic acids is 1. The quantitative estimate of drug-likeness (QED) is 0.799. The van der Waals surface area contributed by atoms with Crippen LogP contribution in [-0.4, -0.2) is 22.8 Å². The zero-order valence-corrected chi connectivity index (χ0v) is 8.97. The lowest BCUT2D eigenvalue weighted by atomic mass is 9.79. The van der Waals surface area contributed by atoms with Gasteiger partial charge in [0.05, 0.1) is 17.0 Å². The molecule has 16 heavy (non-hydrogen) atoms. The van der Waals surface area contributed by atoms with Gasteiger partial charge in [-0.2, -0.15) is 5.26 Å². The highest BCUT2D eigenvalue weighted by Gasteiger charge is 2.34. The molecule has 1 aromatic rings. The van der Waals surface area contributed by atoms with Gasteiger partial charge < -0.3 is 10.2 Å². The van der Waals surface area contributed by atoms with Crippen LogP contribution in [0.2, 0.25) is 0 Å². The number of benzene rings is 1. The molecular formula is C12H13NO3. The monoisotopic (exact) mass is 219 g/mol. The number of aliphatic hydroxyl groups is 1. The standard InChI is InChI=1S/C12H13NO3/c1-12(5-6-14,11(15)16)10-4-2-3-9(7-10)8-13/h2-4,7,14H,5-6H2,1H3,(H,15,16). The van der Waals surface area contributed by atoms with Crippen LogP contribution in [0.4, 0.5) is 0 Å². The first-order valence-electron chi connectivity index (χ1n) is 4.89. The van der Waals surface area contributed by atoms with E-state index in [9.17, 15) is 9.90 Å². The number of hydrogen-bond acceptors (Lipinski definition) is 3. The number of rotatable bonds is 4. The number of carboxylic acid groups (broad SMARTS) is 1. The second-order valence-corrected chi connectivity index (χ2v) is 3.80. The van der Waals surface area contributed by atoms with Crippen molar-refractivity contribution in [3.63, 3.8) is 0 Å². The Bertz CT molecular complexity index is 436. The predicted molar refractivity (Wildman–Crippen MR) is 57.8 cm³/mol. The lowest BCUT2D eigenvalue weighted by Gasteiger charge is -2.24. The molecule has 4 nitrogen and oxygen atoms in total. The number of nitrogens with zero attached hydrogens (tertiary/aromatic N) is 1. The van der Waals surface area contributed by atoms with Crippen molar-refractivity contribution >= 4 is 5.97 Å². The molecule has 0 bridgehead atoms. The number of aliphatic hydroxyl groups excluding tert-OH is 1. The van der Waals surface area contributed by atoms with E-state index >= 15 is 0 Å². The number of carboxylic acids is 1. The summed E-state index contributed by atoms with van der Waals surface area (Å²) in [5, 5.41) is 26.8. The van der Waals surface area contributed by atoms with Gasteiger partial charge in [-0.25, -0.2) is 0 Å². The summed E-state index contributed by atoms with van der Waals surface area (Å²) in [5.41, 5.74) is -0.197. The molecule has 0 spiro atoms. The lowest BCUT2D eigenvalue weighted by molar-refractivity contribution is -0.143. The first kappa shape index (κ1) is 12.2. The smallest absolute Gasteiger partial charge is 0.313 e. The molecule has 0 saturated carbocycles. The van der Waals surface area contributed by atoms with Gasteiger partial charge in [-0.1, -0.05) is 12.1 Å². The van der Waals surface area contributed by atoms with E-state index in [1.807, 2.05) is 6.07 Å². The molecule has 0 aliphatic rings. The zero-order chi connectivity index (χ0) is 12.2. The van der Waals surface area contributed by atoms with Gasteiger partial charge in [-0.3, -0.25) is 4.79 Å².